The van der Waals surface area contributed by atoms with Gasteiger partial charge in [0.1, 0.15) is 11.9 Å². The SMILES string of the molecule is CO[C@H]1c2cc(-n3[nH]c4ccccc4c3=O)ccc2O[C@@H](C(CCn2cc(CCO)nn2)[Si](C)(C)O)[C@@H]1C. The number of fused-ring (bicyclic) bond motifs is 2. The van der Waals surface area contributed by atoms with Crippen LogP contribution in [0.2, 0.25) is 18.6 Å². The Bertz CT molecular complexity index is 1470. The smallest absolute Gasteiger partial charge is 0.279 e. The third-order valence-corrected chi connectivity index (χ3v) is 10.0. The van der Waals surface area contributed by atoms with Crippen molar-refractivity contribution in [3.63, 3.8) is 0 Å². The molecule has 0 spiro atoms. The Morgan fingerprint density at radius 2 is 2.03 bits per heavy atom. The highest BCUT2D eigenvalue weighted by Gasteiger charge is 2.46. The monoisotopic (exact) mass is 537 g/mol. The number of aliphatic hydroxyl groups excluding tert-OH is 1. The van der Waals surface area contributed by atoms with Crippen molar-refractivity contribution >= 4 is 19.2 Å². The zero-order valence-corrected chi connectivity index (χ0v) is 23.2. The van der Waals surface area contributed by atoms with E-state index in [0.29, 0.717) is 36.2 Å². The van der Waals surface area contributed by atoms with Crippen molar-refractivity contribution < 1.29 is 19.4 Å². The summed E-state index contributed by atoms with van der Waals surface area (Å²) in [4.78, 5) is 24.3. The molecule has 4 aromatic rings. The van der Waals surface area contributed by atoms with Crippen LogP contribution in [0.3, 0.4) is 0 Å². The van der Waals surface area contributed by atoms with Crippen molar-refractivity contribution in [2.75, 3.05) is 13.7 Å². The third kappa shape index (κ3) is 4.94. The third-order valence-electron chi connectivity index (χ3n) is 7.59. The van der Waals surface area contributed by atoms with Crippen molar-refractivity contribution in [3.8, 4) is 11.4 Å². The van der Waals surface area contributed by atoms with Crippen LogP contribution < -0.4 is 10.3 Å². The summed E-state index contributed by atoms with van der Waals surface area (Å²) >= 11 is 0. The van der Waals surface area contributed by atoms with Crippen LogP contribution in [0.5, 0.6) is 5.75 Å². The maximum atomic E-state index is 13.0. The van der Waals surface area contributed by atoms with Gasteiger partial charge in [0.2, 0.25) is 0 Å². The highest BCUT2D eigenvalue weighted by atomic mass is 28.4. The lowest BCUT2D eigenvalue weighted by Crippen LogP contribution is -2.48. The molecule has 0 bridgehead atoms. The van der Waals surface area contributed by atoms with Gasteiger partial charge in [-0.1, -0.05) is 24.3 Å². The van der Waals surface area contributed by atoms with Gasteiger partial charge in [-0.3, -0.25) is 14.6 Å². The molecule has 1 unspecified atom stereocenters. The van der Waals surface area contributed by atoms with E-state index in [1.165, 1.54) is 0 Å². The van der Waals surface area contributed by atoms with Crippen molar-refractivity contribution in [1.82, 2.24) is 24.8 Å². The first-order valence-corrected chi connectivity index (χ1v) is 16.0. The number of para-hydroxylation sites is 1. The van der Waals surface area contributed by atoms with Gasteiger partial charge >= 0.3 is 0 Å². The van der Waals surface area contributed by atoms with Crippen molar-refractivity contribution in [3.05, 3.63) is 70.3 Å². The van der Waals surface area contributed by atoms with Crippen LogP contribution in [-0.4, -0.2) is 62.8 Å². The number of methoxy groups -OCH3 is 1. The van der Waals surface area contributed by atoms with Gasteiger partial charge in [-0.2, -0.15) is 0 Å². The fourth-order valence-electron chi connectivity index (χ4n) is 5.61. The first-order valence-electron chi connectivity index (χ1n) is 13.0. The van der Waals surface area contributed by atoms with E-state index in [0.717, 1.165) is 16.8 Å². The molecule has 1 aliphatic heterocycles. The second kappa shape index (κ2) is 10.5. The first-order chi connectivity index (χ1) is 18.2. The van der Waals surface area contributed by atoms with Crippen molar-refractivity contribution in [1.29, 1.82) is 0 Å². The lowest BCUT2D eigenvalue weighted by atomic mass is 9.86. The zero-order valence-electron chi connectivity index (χ0n) is 22.2. The van der Waals surface area contributed by atoms with Crippen LogP contribution >= 0.6 is 0 Å². The number of nitrogens with one attached hydrogen (secondary N) is 1. The number of aromatic amines is 1. The summed E-state index contributed by atoms with van der Waals surface area (Å²) < 4.78 is 15.9. The Kier molecular flexibility index (Phi) is 7.27. The largest absolute Gasteiger partial charge is 0.490 e. The summed E-state index contributed by atoms with van der Waals surface area (Å²) in [5.74, 6) is 0.647. The molecule has 0 saturated heterocycles. The molecule has 1 aliphatic rings. The number of aromatic nitrogens is 5. The quantitative estimate of drug-likeness (QED) is 0.280. The number of H-pyrrole nitrogens is 1. The van der Waals surface area contributed by atoms with Gasteiger partial charge in [0.15, 0.2) is 8.32 Å². The molecule has 0 radical (unpaired) electrons. The summed E-state index contributed by atoms with van der Waals surface area (Å²) in [5, 5.41) is 21.3. The fourth-order valence-corrected chi connectivity index (χ4v) is 7.62. The van der Waals surface area contributed by atoms with Gasteiger partial charge in [-0.05, 0) is 49.8 Å². The second-order valence-electron chi connectivity index (χ2n) is 10.6. The summed E-state index contributed by atoms with van der Waals surface area (Å²) in [6.07, 6.45) is 2.43. The van der Waals surface area contributed by atoms with E-state index < -0.39 is 8.32 Å². The predicted molar refractivity (Wildman–Crippen MR) is 146 cm³/mol. The number of hydrogen-bond acceptors (Lipinski definition) is 7. The highest BCUT2D eigenvalue weighted by Crippen LogP contribution is 2.47. The molecule has 10 nitrogen and oxygen atoms in total. The van der Waals surface area contributed by atoms with Crippen LogP contribution in [0.15, 0.2) is 53.5 Å². The second-order valence-corrected chi connectivity index (χ2v) is 14.7. The van der Waals surface area contributed by atoms with E-state index in [1.54, 1.807) is 16.5 Å². The van der Waals surface area contributed by atoms with Crippen LogP contribution in [-0.2, 0) is 17.7 Å². The summed E-state index contributed by atoms with van der Waals surface area (Å²) in [6.45, 7) is 6.58. The Labute approximate surface area is 221 Å². The maximum Gasteiger partial charge on any atom is 0.279 e. The minimum absolute atomic E-state index is 0.0276. The highest BCUT2D eigenvalue weighted by molar-refractivity contribution is 6.71. The van der Waals surface area contributed by atoms with E-state index in [2.05, 4.69) is 22.3 Å². The Morgan fingerprint density at radius 1 is 1.24 bits per heavy atom. The number of aryl methyl sites for hydroxylation is 1. The van der Waals surface area contributed by atoms with E-state index in [4.69, 9.17) is 14.6 Å². The standard InChI is InChI=1S/C27H35N5O5Si/c1-17-25(36-2)21-15-19(32-27(34)20-7-5-6-8-22(20)29-32)9-10-23(21)37-26(17)24(38(3,4)35)11-13-31-16-18(12-14-33)28-30-31/h5-10,15-17,24-26,29,33,35H,11-14H2,1-4H3/t17-,24?,25-,26-/m1/s1. The Hall–Kier alpha value is -3.25. The minimum atomic E-state index is -2.66. The lowest BCUT2D eigenvalue weighted by molar-refractivity contribution is -0.0247. The number of rotatable bonds is 9. The molecule has 2 aromatic heterocycles. The van der Waals surface area contributed by atoms with Crippen LogP contribution in [0.25, 0.3) is 16.6 Å². The molecule has 3 N–H and O–H groups in total. The molecule has 4 atom stereocenters. The molecule has 0 saturated carbocycles. The molecular weight excluding hydrogens is 502 g/mol. The molecule has 2 aromatic carbocycles. The minimum Gasteiger partial charge on any atom is -0.490 e. The average Bonchev–Trinajstić information content (AvgIpc) is 3.48. The molecule has 38 heavy (non-hydrogen) atoms. The molecule has 202 valence electrons. The molecule has 0 aliphatic carbocycles. The molecule has 5 rings (SSSR count). The average molecular weight is 538 g/mol. The molecule has 0 fully saturated rings. The molecule has 11 heteroatoms. The number of nitrogens with zero attached hydrogens (tertiary/aromatic N) is 4. The van der Waals surface area contributed by atoms with Gasteiger partial charge < -0.3 is 19.4 Å². The molecule has 0 amide bonds. The maximum absolute atomic E-state index is 13.0. The normalized spacial score (nSPS) is 20.3. The van der Waals surface area contributed by atoms with Gasteiger partial charge in [-0.25, -0.2) is 4.68 Å². The van der Waals surface area contributed by atoms with Crippen LogP contribution in [0.1, 0.15) is 30.7 Å². The van der Waals surface area contributed by atoms with Crippen LogP contribution in [0, 0.1) is 5.92 Å². The number of hydrogen-bond donors (Lipinski definition) is 3. The van der Waals surface area contributed by atoms with E-state index in [-0.39, 0.29) is 35.8 Å². The molecule has 3 heterocycles. The summed E-state index contributed by atoms with van der Waals surface area (Å²) in [6, 6.07) is 13.1. The van der Waals surface area contributed by atoms with Gasteiger partial charge in [0.25, 0.3) is 5.56 Å². The number of benzene rings is 2. The van der Waals surface area contributed by atoms with E-state index in [1.807, 2.05) is 61.8 Å². The summed E-state index contributed by atoms with van der Waals surface area (Å²) in [5.41, 5.74) is 2.90. The zero-order chi connectivity index (χ0) is 27.0. The van der Waals surface area contributed by atoms with E-state index >= 15 is 0 Å². The van der Waals surface area contributed by atoms with Gasteiger partial charge in [0, 0.05) is 49.9 Å². The van der Waals surface area contributed by atoms with Gasteiger partial charge in [0.05, 0.1) is 28.4 Å². The molecular formula is C27H35N5O5Si. The first kappa shape index (κ1) is 26.4. The Morgan fingerprint density at radius 3 is 2.74 bits per heavy atom. The van der Waals surface area contributed by atoms with E-state index in [9.17, 15) is 9.59 Å². The Balaban J connectivity index is 1.44. The van der Waals surface area contributed by atoms with Crippen LogP contribution in [0.4, 0.5) is 0 Å². The summed E-state index contributed by atoms with van der Waals surface area (Å²) in [7, 11) is -0.980. The van der Waals surface area contributed by atoms with Crippen molar-refractivity contribution in [2.24, 2.45) is 5.92 Å². The predicted octanol–water partition coefficient (Wildman–Crippen LogP) is 3.19. The van der Waals surface area contributed by atoms with Crippen molar-refractivity contribution in [2.45, 2.75) is 57.2 Å². The van der Waals surface area contributed by atoms with Gasteiger partial charge in [-0.15, -0.1) is 5.10 Å². The number of ether oxygens (including phenoxy) is 2. The topological polar surface area (TPSA) is 127 Å². The lowest BCUT2D eigenvalue weighted by Gasteiger charge is -2.43. The number of aliphatic hydroxyl groups is 1. The fraction of sp³-hybridized carbons (Fsp3) is 0.444.